The lowest BCUT2D eigenvalue weighted by molar-refractivity contribution is -0.122. The first kappa shape index (κ1) is 13.9. The van der Waals surface area contributed by atoms with Crippen molar-refractivity contribution < 1.29 is 4.79 Å². The summed E-state index contributed by atoms with van der Waals surface area (Å²) < 4.78 is 0. The predicted molar refractivity (Wildman–Crippen MR) is 77.5 cm³/mol. The maximum atomic E-state index is 11.9. The summed E-state index contributed by atoms with van der Waals surface area (Å²) >= 11 is 0. The topological polar surface area (TPSA) is 81.1 Å². The van der Waals surface area contributed by atoms with Crippen LogP contribution in [-0.4, -0.2) is 18.0 Å². The molecule has 1 amide bonds. The van der Waals surface area contributed by atoms with E-state index in [1.165, 1.54) is 0 Å². The number of nitrogen functional groups attached to an aromatic ring is 1. The lowest BCUT2D eigenvalue weighted by Gasteiger charge is -2.26. The van der Waals surface area contributed by atoms with E-state index in [2.05, 4.69) is 5.32 Å². The molecule has 5 N–H and O–H groups in total. The molecule has 1 aliphatic carbocycles. The van der Waals surface area contributed by atoms with Gasteiger partial charge in [0.2, 0.25) is 5.91 Å². The molecule has 0 unspecified atom stereocenters. The van der Waals surface area contributed by atoms with Gasteiger partial charge in [-0.3, -0.25) is 4.79 Å². The normalized spacial score (nSPS) is 23.0. The number of hydrogen-bond acceptors (Lipinski definition) is 3. The van der Waals surface area contributed by atoms with Crippen molar-refractivity contribution in [1.82, 2.24) is 5.32 Å². The molecular formula is C15H23N3O. The fourth-order valence-corrected chi connectivity index (χ4v) is 2.57. The van der Waals surface area contributed by atoms with Crippen LogP contribution in [-0.2, 0) is 11.2 Å². The van der Waals surface area contributed by atoms with Gasteiger partial charge in [0.15, 0.2) is 0 Å². The highest BCUT2D eigenvalue weighted by atomic mass is 16.1. The van der Waals surface area contributed by atoms with Gasteiger partial charge in [0.1, 0.15) is 0 Å². The Balaban J connectivity index is 1.74. The summed E-state index contributed by atoms with van der Waals surface area (Å²) in [6.45, 7) is 0. The van der Waals surface area contributed by atoms with Crippen molar-refractivity contribution in [2.24, 2.45) is 5.73 Å². The van der Waals surface area contributed by atoms with E-state index in [1.807, 2.05) is 24.3 Å². The van der Waals surface area contributed by atoms with Crippen molar-refractivity contribution in [3.63, 3.8) is 0 Å². The van der Waals surface area contributed by atoms with Gasteiger partial charge in [-0.05, 0) is 43.7 Å². The van der Waals surface area contributed by atoms with E-state index >= 15 is 0 Å². The van der Waals surface area contributed by atoms with Crippen LogP contribution in [0, 0.1) is 0 Å². The molecule has 1 fully saturated rings. The lowest BCUT2D eigenvalue weighted by atomic mass is 9.91. The van der Waals surface area contributed by atoms with Gasteiger partial charge in [0, 0.05) is 24.2 Å². The van der Waals surface area contributed by atoms with Crippen LogP contribution >= 0.6 is 0 Å². The quantitative estimate of drug-likeness (QED) is 0.720. The van der Waals surface area contributed by atoms with Crippen molar-refractivity contribution in [2.45, 2.75) is 50.6 Å². The van der Waals surface area contributed by atoms with Gasteiger partial charge >= 0.3 is 0 Å². The number of hydrogen-bond donors (Lipinski definition) is 3. The Hall–Kier alpha value is -1.55. The molecule has 1 aliphatic rings. The van der Waals surface area contributed by atoms with E-state index in [0.717, 1.165) is 36.9 Å². The third-order valence-electron chi connectivity index (χ3n) is 3.81. The lowest BCUT2D eigenvalue weighted by Crippen LogP contribution is -2.40. The smallest absolute Gasteiger partial charge is 0.220 e. The minimum absolute atomic E-state index is 0.115. The third kappa shape index (κ3) is 4.24. The fraction of sp³-hybridized carbons (Fsp3) is 0.533. The molecule has 1 aromatic rings. The maximum absolute atomic E-state index is 11.9. The summed E-state index contributed by atoms with van der Waals surface area (Å²) in [6.07, 6.45) is 5.22. The number of nitrogens with one attached hydrogen (secondary N) is 1. The highest BCUT2D eigenvalue weighted by Gasteiger charge is 2.19. The monoisotopic (exact) mass is 261 g/mol. The second-order valence-electron chi connectivity index (χ2n) is 5.38. The third-order valence-corrected chi connectivity index (χ3v) is 3.81. The number of carbonyl (C=O) groups is 1. The van der Waals surface area contributed by atoms with Crippen LogP contribution in [0.25, 0.3) is 0 Å². The first-order chi connectivity index (χ1) is 9.15. The molecule has 2 rings (SSSR count). The Morgan fingerprint density at radius 1 is 1.21 bits per heavy atom. The van der Waals surface area contributed by atoms with E-state index in [-0.39, 0.29) is 5.91 Å². The van der Waals surface area contributed by atoms with Crippen LogP contribution in [0.1, 0.15) is 37.7 Å². The average Bonchev–Trinajstić information content (AvgIpc) is 2.40. The summed E-state index contributed by atoms with van der Waals surface area (Å²) in [5, 5.41) is 3.09. The van der Waals surface area contributed by atoms with E-state index in [0.29, 0.717) is 24.9 Å². The number of rotatable bonds is 4. The Bertz CT molecular complexity index is 425. The van der Waals surface area contributed by atoms with Gasteiger partial charge in [-0.1, -0.05) is 18.2 Å². The van der Waals surface area contributed by atoms with Crippen LogP contribution in [0.4, 0.5) is 5.69 Å². The van der Waals surface area contributed by atoms with Crippen molar-refractivity contribution in [3.05, 3.63) is 29.8 Å². The molecule has 0 aromatic heterocycles. The molecule has 0 spiro atoms. The summed E-state index contributed by atoms with van der Waals surface area (Å²) in [5.41, 5.74) is 13.5. The number of amides is 1. The van der Waals surface area contributed by atoms with Gasteiger partial charge in [0.25, 0.3) is 0 Å². The minimum Gasteiger partial charge on any atom is -0.399 e. The molecule has 1 aromatic carbocycles. The number of nitrogens with two attached hydrogens (primary N) is 2. The molecule has 4 nitrogen and oxygen atoms in total. The van der Waals surface area contributed by atoms with Crippen LogP contribution in [0.15, 0.2) is 24.3 Å². The SMILES string of the molecule is Nc1ccccc1CCC(=O)NC1CCC(N)CC1. The maximum Gasteiger partial charge on any atom is 0.220 e. The zero-order valence-corrected chi connectivity index (χ0v) is 11.3. The van der Waals surface area contributed by atoms with Gasteiger partial charge in [-0.25, -0.2) is 0 Å². The number of carbonyl (C=O) groups excluding carboxylic acids is 1. The van der Waals surface area contributed by atoms with Crippen molar-refractivity contribution in [1.29, 1.82) is 0 Å². The number of para-hydroxylation sites is 1. The summed E-state index contributed by atoms with van der Waals surface area (Å²) in [7, 11) is 0. The highest BCUT2D eigenvalue weighted by Crippen LogP contribution is 2.17. The molecule has 0 saturated heterocycles. The van der Waals surface area contributed by atoms with Gasteiger partial charge in [-0.15, -0.1) is 0 Å². The number of anilines is 1. The van der Waals surface area contributed by atoms with E-state index in [4.69, 9.17) is 11.5 Å². The molecule has 4 heteroatoms. The molecule has 0 aliphatic heterocycles. The van der Waals surface area contributed by atoms with Gasteiger partial charge < -0.3 is 16.8 Å². The second-order valence-corrected chi connectivity index (χ2v) is 5.38. The largest absolute Gasteiger partial charge is 0.399 e. The summed E-state index contributed by atoms with van der Waals surface area (Å²) in [5.74, 6) is 0.115. The van der Waals surface area contributed by atoms with Crippen molar-refractivity contribution in [3.8, 4) is 0 Å². The second kappa shape index (κ2) is 6.57. The van der Waals surface area contributed by atoms with E-state index in [9.17, 15) is 4.79 Å². The van der Waals surface area contributed by atoms with E-state index in [1.54, 1.807) is 0 Å². The van der Waals surface area contributed by atoms with E-state index < -0.39 is 0 Å². The van der Waals surface area contributed by atoms with Crippen molar-refractivity contribution in [2.75, 3.05) is 5.73 Å². The zero-order valence-electron chi connectivity index (χ0n) is 11.3. The number of aryl methyl sites for hydroxylation is 1. The molecule has 0 radical (unpaired) electrons. The minimum atomic E-state index is 0.115. The van der Waals surface area contributed by atoms with Crippen LogP contribution < -0.4 is 16.8 Å². The Morgan fingerprint density at radius 2 is 1.89 bits per heavy atom. The first-order valence-electron chi connectivity index (χ1n) is 7.03. The zero-order chi connectivity index (χ0) is 13.7. The molecular weight excluding hydrogens is 238 g/mol. The summed E-state index contributed by atoms with van der Waals surface area (Å²) in [4.78, 5) is 11.9. The summed E-state index contributed by atoms with van der Waals surface area (Å²) in [6, 6.07) is 8.33. The highest BCUT2D eigenvalue weighted by molar-refractivity contribution is 5.76. The molecule has 19 heavy (non-hydrogen) atoms. The molecule has 0 atom stereocenters. The van der Waals surface area contributed by atoms with Crippen LogP contribution in [0.3, 0.4) is 0 Å². The fourth-order valence-electron chi connectivity index (χ4n) is 2.57. The van der Waals surface area contributed by atoms with Crippen LogP contribution in [0.2, 0.25) is 0 Å². The molecule has 0 heterocycles. The molecule has 0 bridgehead atoms. The average molecular weight is 261 g/mol. The van der Waals surface area contributed by atoms with Crippen molar-refractivity contribution >= 4 is 11.6 Å². The molecule has 104 valence electrons. The van der Waals surface area contributed by atoms with Gasteiger partial charge in [-0.2, -0.15) is 0 Å². The first-order valence-corrected chi connectivity index (χ1v) is 7.03. The Morgan fingerprint density at radius 3 is 2.58 bits per heavy atom. The number of benzene rings is 1. The van der Waals surface area contributed by atoms with Crippen LogP contribution in [0.5, 0.6) is 0 Å². The Labute approximate surface area is 114 Å². The van der Waals surface area contributed by atoms with Gasteiger partial charge in [0.05, 0.1) is 0 Å². The molecule has 1 saturated carbocycles. The Kier molecular flexibility index (Phi) is 4.80. The standard InChI is InChI=1S/C15H23N3O/c16-12-6-8-13(9-7-12)18-15(19)10-5-11-3-1-2-4-14(11)17/h1-4,12-13H,5-10,16-17H2,(H,18,19). The predicted octanol–water partition coefficient (Wildman–Crippen LogP) is 1.59.